The second-order valence-electron chi connectivity index (χ2n) is 10.6. The summed E-state index contributed by atoms with van der Waals surface area (Å²) in [5, 5.41) is 0.700. The second-order valence-corrected chi connectivity index (χ2v) is 12.2. The lowest BCUT2D eigenvalue weighted by Crippen LogP contribution is -2.58. The number of hydrogen-bond donors (Lipinski definition) is 0. The number of amides is 4. The third kappa shape index (κ3) is 7.74. The number of benzene rings is 2. The van der Waals surface area contributed by atoms with Gasteiger partial charge in [0.15, 0.2) is 0 Å². The lowest BCUT2D eigenvalue weighted by molar-refractivity contribution is -0.131. The first-order chi connectivity index (χ1) is 21.5. The number of urea groups is 1. The summed E-state index contributed by atoms with van der Waals surface area (Å²) in [7, 11) is 1.56. The highest BCUT2D eigenvalue weighted by Crippen LogP contribution is 2.41. The van der Waals surface area contributed by atoms with Crippen molar-refractivity contribution in [3.05, 3.63) is 94.0 Å². The van der Waals surface area contributed by atoms with Gasteiger partial charge in [-0.2, -0.15) is 0 Å². The Hall–Kier alpha value is -3.73. The number of methoxy groups -OCH3 is 1. The van der Waals surface area contributed by atoms with Gasteiger partial charge in [-0.05, 0) is 68.5 Å². The number of allylic oxidation sites excluding steroid dienone is 3. The summed E-state index contributed by atoms with van der Waals surface area (Å²) in [5.41, 5.74) is 1.92. The predicted molar refractivity (Wildman–Crippen MR) is 181 cm³/mol. The molecule has 0 spiro atoms. The normalized spacial score (nSPS) is 18.9. The molecule has 9 nitrogen and oxygen atoms in total. The molecule has 0 N–H and O–H groups in total. The minimum atomic E-state index is -0.707. The zero-order valence-corrected chi connectivity index (χ0v) is 28.2. The van der Waals surface area contributed by atoms with E-state index >= 15 is 0 Å². The molecule has 12 heteroatoms. The van der Waals surface area contributed by atoms with Crippen LogP contribution in [0.2, 0.25) is 5.02 Å². The van der Waals surface area contributed by atoms with Gasteiger partial charge in [0, 0.05) is 29.2 Å². The summed E-state index contributed by atoms with van der Waals surface area (Å²) in [6.45, 7) is 9.94. The topological polar surface area (TPSA) is 91.8 Å². The number of halogens is 2. The number of rotatable bonds is 8. The van der Waals surface area contributed by atoms with Crippen LogP contribution in [0.5, 0.6) is 11.5 Å². The number of ether oxygens (including phenoxy) is 2. The molecule has 2 aromatic carbocycles. The van der Waals surface area contributed by atoms with Crippen molar-refractivity contribution in [2.45, 2.75) is 39.0 Å². The number of piperazine rings is 1. The van der Waals surface area contributed by atoms with Crippen LogP contribution < -0.4 is 9.47 Å². The van der Waals surface area contributed by atoms with E-state index in [0.717, 1.165) is 17.3 Å². The molecule has 1 saturated heterocycles. The third-order valence-corrected chi connectivity index (χ3v) is 8.44. The van der Waals surface area contributed by atoms with Crippen LogP contribution in [-0.2, 0) is 4.79 Å². The summed E-state index contributed by atoms with van der Waals surface area (Å²) >= 11 is 13.5. The van der Waals surface area contributed by atoms with E-state index in [2.05, 4.69) is 6.58 Å². The maximum atomic E-state index is 14.6. The number of thioether (sulfide) groups is 1. The summed E-state index contributed by atoms with van der Waals surface area (Å²) < 4.78 is 11.7. The SMILES string of the molecule is C=C(/C=C\C(Cl)=C/C)[C@H]1[C@@H](c2ccc(Cl)cc2)N=C(c2ccc(OC)cc2OC(C)C)N1C(=O)N1CCN(C(=O)SC)C(=O)C1. The smallest absolute Gasteiger partial charge is 0.326 e. The lowest BCUT2D eigenvalue weighted by atomic mass is 9.94. The average Bonchev–Trinajstić information content (AvgIpc) is 3.43. The monoisotopic (exact) mass is 670 g/mol. The fraction of sp³-hybridized carbons (Fsp3) is 0.333. The number of carbonyl (C=O) groups excluding carboxylic acids is 3. The van der Waals surface area contributed by atoms with Crippen LogP contribution >= 0.6 is 35.0 Å². The highest BCUT2D eigenvalue weighted by atomic mass is 35.5. The van der Waals surface area contributed by atoms with Gasteiger partial charge >= 0.3 is 6.03 Å². The van der Waals surface area contributed by atoms with Gasteiger partial charge in [-0.1, -0.05) is 65.8 Å². The molecule has 0 unspecified atom stereocenters. The van der Waals surface area contributed by atoms with Gasteiger partial charge in [-0.15, -0.1) is 0 Å². The van der Waals surface area contributed by atoms with Crippen molar-refractivity contribution in [2.24, 2.45) is 4.99 Å². The Kier molecular flexibility index (Phi) is 11.4. The van der Waals surface area contributed by atoms with Crippen LogP contribution in [0.4, 0.5) is 9.59 Å². The van der Waals surface area contributed by atoms with Gasteiger partial charge < -0.3 is 14.4 Å². The minimum absolute atomic E-state index is 0.0812. The summed E-state index contributed by atoms with van der Waals surface area (Å²) in [6.07, 6.45) is 6.64. The first-order valence-electron chi connectivity index (χ1n) is 14.3. The summed E-state index contributed by atoms with van der Waals surface area (Å²) in [4.78, 5) is 49.2. The minimum Gasteiger partial charge on any atom is -0.497 e. The summed E-state index contributed by atoms with van der Waals surface area (Å²) in [6, 6.07) is 10.8. The van der Waals surface area contributed by atoms with Gasteiger partial charge in [0.25, 0.3) is 5.24 Å². The van der Waals surface area contributed by atoms with E-state index in [1.165, 1.54) is 9.80 Å². The van der Waals surface area contributed by atoms with E-state index in [1.807, 2.05) is 32.9 Å². The zero-order chi connectivity index (χ0) is 32.8. The Balaban J connectivity index is 1.89. The quantitative estimate of drug-likeness (QED) is 0.274. The molecule has 0 aliphatic carbocycles. The largest absolute Gasteiger partial charge is 0.497 e. The molecule has 2 aromatic rings. The number of amidine groups is 1. The molecule has 2 aliphatic rings. The van der Waals surface area contributed by atoms with Gasteiger partial charge in [-0.25, -0.2) is 4.79 Å². The third-order valence-electron chi connectivity index (χ3n) is 7.28. The summed E-state index contributed by atoms with van der Waals surface area (Å²) in [5.74, 6) is 0.931. The molecule has 45 heavy (non-hydrogen) atoms. The molecule has 1 fully saturated rings. The van der Waals surface area contributed by atoms with Crippen LogP contribution in [0.3, 0.4) is 0 Å². The molecule has 4 amide bonds. The van der Waals surface area contributed by atoms with E-state index in [-0.39, 0.29) is 31.0 Å². The zero-order valence-electron chi connectivity index (χ0n) is 25.8. The standard InChI is InChI=1S/C33H36Cl2N4O5S/c1-7-23(34)11-8-21(4)30-29(22-9-12-24(35)13-10-22)36-31(26-15-14-25(43-5)18-27(26)44-20(2)3)39(30)32(41)37-16-17-38(28(40)19-37)33(42)45-6/h7-15,18,20,29-30H,4,16-17,19H2,1-3,5-6H3/b11-8-,23-7+/t29-,30+/m1/s1. The van der Waals surface area contributed by atoms with E-state index < -0.39 is 24.0 Å². The number of carbonyl (C=O) groups is 3. The number of imide groups is 1. The molecule has 2 heterocycles. The van der Waals surface area contributed by atoms with Crippen molar-refractivity contribution >= 4 is 58.0 Å². The average molecular weight is 672 g/mol. The highest BCUT2D eigenvalue weighted by molar-refractivity contribution is 8.12. The van der Waals surface area contributed by atoms with Gasteiger partial charge in [0.05, 0.1) is 24.8 Å². The Morgan fingerprint density at radius 1 is 1.13 bits per heavy atom. The number of aliphatic imine (C=N–C) groups is 1. The van der Waals surface area contributed by atoms with E-state index in [0.29, 0.717) is 38.5 Å². The van der Waals surface area contributed by atoms with Crippen LogP contribution in [0.15, 0.2) is 82.9 Å². The fourth-order valence-corrected chi connectivity index (χ4v) is 5.67. The second kappa shape index (κ2) is 15.0. The lowest BCUT2D eigenvalue weighted by Gasteiger charge is -2.38. The first-order valence-corrected chi connectivity index (χ1v) is 16.3. The molecule has 2 aliphatic heterocycles. The van der Waals surface area contributed by atoms with Crippen molar-refractivity contribution in [2.75, 3.05) is 33.0 Å². The Morgan fingerprint density at radius 3 is 2.44 bits per heavy atom. The van der Waals surface area contributed by atoms with Gasteiger partial charge in [0.2, 0.25) is 5.91 Å². The van der Waals surface area contributed by atoms with E-state index in [9.17, 15) is 14.4 Å². The maximum absolute atomic E-state index is 14.6. The van der Waals surface area contributed by atoms with Gasteiger partial charge in [0.1, 0.15) is 29.9 Å². The Labute approximate surface area is 278 Å². The molecule has 0 saturated carbocycles. The van der Waals surface area contributed by atoms with Crippen LogP contribution in [0, 0.1) is 0 Å². The van der Waals surface area contributed by atoms with E-state index in [1.54, 1.807) is 66.8 Å². The molecule has 4 rings (SSSR count). The van der Waals surface area contributed by atoms with Gasteiger partial charge in [-0.3, -0.25) is 24.4 Å². The van der Waals surface area contributed by atoms with Crippen molar-refractivity contribution in [1.82, 2.24) is 14.7 Å². The van der Waals surface area contributed by atoms with Crippen molar-refractivity contribution in [3.8, 4) is 11.5 Å². The van der Waals surface area contributed by atoms with Crippen molar-refractivity contribution in [1.29, 1.82) is 0 Å². The number of hydrogen-bond acceptors (Lipinski definition) is 7. The predicted octanol–water partition coefficient (Wildman–Crippen LogP) is 7.31. The first kappa shape index (κ1) is 34.1. The van der Waals surface area contributed by atoms with Crippen LogP contribution in [0.25, 0.3) is 0 Å². The fourth-order valence-electron chi connectivity index (χ4n) is 5.07. The van der Waals surface area contributed by atoms with Crippen LogP contribution in [-0.4, -0.2) is 82.9 Å². The molecule has 0 aromatic heterocycles. The Bertz CT molecular complexity index is 1560. The molecular formula is C33H36Cl2N4O5S. The maximum Gasteiger partial charge on any atom is 0.326 e. The van der Waals surface area contributed by atoms with E-state index in [4.69, 9.17) is 37.7 Å². The van der Waals surface area contributed by atoms with Crippen LogP contribution in [0.1, 0.15) is 37.9 Å². The molecule has 0 radical (unpaired) electrons. The molecule has 0 bridgehead atoms. The molecule has 238 valence electrons. The molecular weight excluding hydrogens is 635 g/mol. The highest BCUT2D eigenvalue weighted by Gasteiger charge is 2.46. The number of nitrogens with zero attached hydrogens (tertiary/aromatic N) is 4. The Morgan fingerprint density at radius 2 is 1.84 bits per heavy atom. The molecule has 2 atom stereocenters. The van der Waals surface area contributed by atoms with Crippen molar-refractivity contribution < 1.29 is 23.9 Å². The van der Waals surface area contributed by atoms with Crippen molar-refractivity contribution in [3.63, 3.8) is 0 Å².